The quantitative estimate of drug-likeness (QED) is 0.703. The fourth-order valence-electron chi connectivity index (χ4n) is 2.01. The highest BCUT2D eigenvalue weighted by molar-refractivity contribution is 5.78. The number of nitrogens with one attached hydrogen (secondary N) is 1. The Balaban J connectivity index is 1.66. The molecule has 2 aliphatic rings. The smallest absolute Gasteiger partial charge is 0.223 e. The number of ether oxygens (including phenoxy) is 1. The molecule has 0 spiro atoms. The molecule has 0 bridgehead atoms. The highest BCUT2D eigenvalue weighted by Crippen LogP contribution is 2.31. The maximum atomic E-state index is 11.7. The standard InChI is InChI=1S/C11H20N2O2/c12-10(8-1-2-8)7-13-11(14)9-3-5-15-6-4-9/h8-10H,1-7,12H2,(H,13,14). The molecule has 3 N–H and O–H groups in total. The molecular weight excluding hydrogens is 192 g/mol. The predicted molar refractivity (Wildman–Crippen MR) is 57.3 cm³/mol. The van der Waals surface area contributed by atoms with Gasteiger partial charge in [0.2, 0.25) is 5.91 Å². The molecular formula is C11H20N2O2. The second kappa shape index (κ2) is 4.94. The van der Waals surface area contributed by atoms with Gasteiger partial charge < -0.3 is 15.8 Å². The molecule has 4 nitrogen and oxygen atoms in total. The van der Waals surface area contributed by atoms with Gasteiger partial charge in [-0.2, -0.15) is 0 Å². The van der Waals surface area contributed by atoms with Gasteiger partial charge in [0.1, 0.15) is 0 Å². The van der Waals surface area contributed by atoms with E-state index in [1.807, 2.05) is 0 Å². The van der Waals surface area contributed by atoms with Gasteiger partial charge in [0, 0.05) is 31.7 Å². The maximum absolute atomic E-state index is 11.7. The van der Waals surface area contributed by atoms with Crippen molar-refractivity contribution in [2.75, 3.05) is 19.8 Å². The second-order valence-corrected chi connectivity index (χ2v) is 4.63. The van der Waals surface area contributed by atoms with Gasteiger partial charge in [0.15, 0.2) is 0 Å². The van der Waals surface area contributed by atoms with Gasteiger partial charge in [-0.3, -0.25) is 4.79 Å². The Kier molecular flexibility index (Phi) is 3.59. The number of carbonyl (C=O) groups excluding carboxylic acids is 1. The molecule has 4 heteroatoms. The Hall–Kier alpha value is -0.610. The first-order valence-electron chi connectivity index (χ1n) is 5.88. The number of hydrogen-bond donors (Lipinski definition) is 2. The van der Waals surface area contributed by atoms with E-state index in [0.717, 1.165) is 12.8 Å². The lowest BCUT2D eigenvalue weighted by Crippen LogP contribution is -2.42. The summed E-state index contributed by atoms with van der Waals surface area (Å²) in [6, 6.07) is 0.161. The Morgan fingerprint density at radius 2 is 2.00 bits per heavy atom. The second-order valence-electron chi connectivity index (χ2n) is 4.63. The first kappa shape index (κ1) is 10.9. The third-order valence-corrected chi connectivity index (χ3v) is 3.33. The van der Waals surface area contributed by atoms with Crippen molar-refractivity contribution in [2.24, 2.45) is 17.6 Å². The summed E-state index contributed by atoms with van der Waals surface area (Å²) >= 11 is 0. The van der Waals surface area contributed by atoms with Crippen molar-refractivity contribution in [2.45, 2.75) is 31.7 Å². The molecule has 0 aromatic carbocycles. The molecule has 2 fully saturated rings. The van der Waals surface area contributed by atoms with Gasteiger partial charge in [-0.15, -0.1) is 0 Å². The van der Waals surface area contributed by atoms with Crippen molar-refractivity contribution < 1.29 is 9.53 Å². The van der Waals surface area contributed by atoms with Crippen LogP contribution in [0, 0.1) is 11.8 Å². The molecule has 1 atom stereocenters. The van der Waals surface area contributed by atoms with Crippen LogP contribution >= 0.6 is 0 Å². The third-order valence-electron chi connectivity index (χ3n) is 3.33. The largest absolute Gasteiger partial charge is 0.381 e. The van der Waals surface area contributed by atoms with Gasteiger partial charge in [-0.25, -0.2) is 0 Å². The van der Waals surface area contributed by atoms with Crippen LogP contribution in [0.1, 0.15) is 25.7 Å². The van der Waals surface area contributed by atoms with Crippen LogP contribution < -0.4 is 11.1 Å². The van der Waals surface area contributed by atoms with Crippen molar-refractivity contribution >= 4 is 5.91 Å². The van der Waals surface area contributed by atoms with Gasteiger partial charge in [0.05, 0.1) is 0 Å². The number of carbonyl (C=O) groups is 1. The lowest BCUT2D eigenvalue weighted by atomic mass is 9.99. The van der Waals surface area contributed by atoms with E-state index in [0.29, 0.717) is 25.7 Å². The predicted octanol–water partition coefficient (Wildman–Crippen LogP) is 0.266. The average Bonchev–Trinajstić information content (AvgIpc) is 3.10. The molecule has 86 valence electrons. The summed E-state index contributed by atoms with van der Waals surface area (Å²) in [7, 11) is 0. The van der Waals surface area contributed by atoms with Crippen LogP contribution in [0.25, 0.3) is 0 Å². The summed E-state index contributed by atoms with van der Waals surface area (Å²) in [5.74, 6) is 0.958. The molecule has 1 aliphatic carbocycles. The fourth-order valence-corrected chi connectivity index (χ4v) is 2.01. The van der Waals surface area contributed by atoms with E-state index >= 15 is 0 Å². The Labute approximate surface area is 90.5 Å². The molecule has 15 heavy (non-hydrogen) atoms. The summed E-state index contributed by atoms with van der Waals surface area (Å²) in [4.78, 5) is 11.7. The SMILES string of the molecule is NC(CNC(=O)C1CCOCC1)C1CC1. The van der Waals surface area contributed by atoms with Crippen LogP contribution in [0.5, 0.6) is 0 Å². The van der Waals surface area contributed by atoms with Gasteiger partial charge >= 0.3 is 0 Å². The van der Waals surface area contributed by atoms with Crippen LogP contribution in [0.2, 0.25) is 0 Å². The summed E-state index contributed by atoms with van der Waals surface area (Å²) in [6.07, 6.45) is 4.16. The topological polar surface area (TPSA) is 64.3 Å². The molecule has 0 aromatic rings. The Morgan fingerprint density at radius 3 is 2.60 bits per heavy atom. The molecule has 1 aliphatic heterocycles. The number of rotatable bonds is 4. The minimum atomic E-state index is 0.144. The van der Waals surface area contributed by atoms with Crippen molar-refractivity contribution in [3.63, 3.8) is 0 Å². The van der Waals surface area contributed by atoms with E-state index in [1.54, 1.807) is 0 Å². The monoisotopic (exact) mass is 212 g/mol. The zero-order valence-corrected chi connectivity index (χ0v) is 9.08. The van der Waals surface area contributed by atoms with E-state index in [4.69, 9.17) is 10.5 Å². The fraction of sp³-hybridized carbons (Fsp3) is 0.909. The van der Waals surface area contributed by atoms with E-state index in [9.17, 15) is 4.79 Å². The summed E-state index contributed by atoms with van der Waals surface area (Å²) in [5.41, 5.74) is 5.92. The highest BCUT2D eigenvalue weighted by atomic mass is 16.5. The lowest BCUT2D eigenvalue weighted by Gasteiger charge is -2.22. The summed E-state index contributed by atoms with van der Waals surface area (Å²) in [6.45, 7) is 2.07. The Bertz CT molecular complexity index is 223. The normalized spacial score (nSPS) is 24.9. The lowest BCUT2D eigenvalue weighted by molar-refractivity contribution is -0.127. The molecule has 1 amide bonds. The highest BCUT2D eigenvalue weighted by Gasteiger charge is 2.29. The zero-order valence-electron chi connectivity index (χ0n) is 9.08. The maximum Gasteiger partial charge on any atom is 0.223 e. The molecule has 1 saturated carbocycles. The van der Waals surface area contributed by atoms with E-state index < -0.39 is 0 Å². The number of nitrogens with two attached hydrogens (primary N) is 1. The third kappa shape index (κ3) is 3.18. The summed E-state index contributed by atoms with van der Waals surface area (Å²) in [5, 5.41) is 2.95. The van der Waals surface area contributed by atoms with E-state index in [1.165, 1.54) is 12.8 Å². The first-order chi connectivity index (χ1) is 7.27. The molecule has 1 saturated heterocycles. The molecule has 2 rings (SSSR count). The van der Waals surface area contributed by atoms with Crippen LogP contribution in [-0.2, 0) is 9.53 Å². The van der Waals surface area contributed by atoms with Crippen LogP contribution in [0.4, 0.5) is 0 Å². The van der Waals surface area contributed by atoms with Crippen molar-refractivity contribution in [3.8, 4) is 0 Å². The van der Waals surface area contributed by atoms with Gasteiger partial charge in [0.25, 0.3) is 0 Å². The Morgan fingerprint density at radius 1 is 1.33 bits per heavy atom. The van der Waals surface area contributed by atoms with Crippen molar-refractivity contribution in [1.29, 1.82) is 0 Å². The molecule has 0 radical (unpaired) electrons. The van der Waals surface area contributed by atoms with Crippen LogP contribution in [0.3, 0.4) is 0 Å². The van der Waals surface area contributed by atoms with Gasteiger partial charge in [-0.05, 0) is 31.6 Å². The molecule has 0 aromatic heterocycles. The molecule has 1 heterocycles. The van der Waals surface area contributed by atoms with Crippen molar-refractivity contribution in [3.05, 3.63) is 0 Å². The number of amides is 1. The summed E-state index contributed by atoms with van der Waals surface area (Å²) < 4.78 is 5.22. The minimum absolute atomic E-state index is 0.144. The van der Waals surface area contributed by atoms with Crippen LogP contribution in [0.15, 0.2) is 0 Å². The van der Waals surface area contributed by atoms with E-state index in [-0.39, 0.29) is 17.9 Å². The van der Waals surface area contributed by atoms with Crippen LogP contribution in [-0.4, -0.2) is 31.7 Å². The van der Waals surface area contributed by atoms with Crippen molar-refractivity contribution in [1.82, 2.24) is 5.32 Å². The molecule has 1 unspecified atom stereocenters. The van der Waals surface area contributed by atoms with Gasteiger partial charge in [-0.1, -0.05) is 0 Å². The first-order valence-corrected chi connectivity index (χ1v) is 5.88. The average molecular weight is 212 g/mol. The zero-order chi connectivity index (χ0) is 10.7. The minimum Gasteiger partial charge on any atom is -0.381 e. The van der Waals surface area contributed by atoms with E-state index in [2.05, 4.69) is 5.32 Å². The number of hydrogen-bond acceptors (Lipinski definition) is 3.